The van der Waals surface area contributed by atoms with Crippen molar-refractivity contribution in [3.8, 4) is 0 Å². The first kappa shape index (κ1) is 20.0. The number of benzene rings is 1. The molecule has 5 rings (SSSR count). The van der Waals surface area contributed by atoms with Crippen LogP contribution in [0.1, 0.15) is 43.6 Å². The van der Waals surface area contributed by atoms with Gasteiger partial charge in [-0.25, -0.2) is 8.78 Å². The zero-order chi connectivity index (χ0) is 20.9. The van der Waals surface area contributed by atoms with Crippen LogP contribution in [0.2, 0.25) is 0 Å². The van der Waals surface area contributed by atoms with Crippen LogP contribution in [0.3, 0.4) is 0 Å². The summed E-state index contributed by atoms with van der Waals surface area (Å²) in [5.74, 6) is -2.01. The Bertz CT molecular complexity index is 806. The lowest BCUT2D eigenvalue weighted by molar-refractivity contribution is -0.137. The molecular weight excluding hydrogens is 386 g/mol. The number of hydrogen-bond donors (Lipinski definition) is 0. The molecule has 1 amide bonds. The lowest BCUT2D eigenvalue weighted by atomic mass is 9.89. The van der Waals surface area contributed by atoms with Crippen LogP contribution in [0.4, 0.5) is 20.2 Å². The third kappa shape index (κ3) is 3.55. The molecule has 7 heteroatoms. The largest absolute Gasteiger partial charge is 0.371 e. The van der Waals surface area contributed by atoms with E-state index in [2.05, 4.69) is 39.9 Å². The second-order valence-electron chi connectivity index (χ2n) is 9.43. The van der Waals surface area contributed by atoms with E-state index < -0.39 is 5.92 Å². The molecule has 0 aliphatic carbocycles. The van der Waals surface area contributed by atoms with Crippen LogP contribution in [0, 0.1) is 0 Å². The number of para-hydroxylation sites is 1. The Morgan fingerprint density at radius 2 is 1.93 bits per heavy atom. The highest BCUT2D eigenvalue weighted by Gasteiger charge is 2.44. The maximum Gasteiger partial charge on any atom is 0.251 e. The summed E-state index contributed by atoms with van der Waals surface area (Å²) in [6, 6.07) is 7.33. The summed E-state index contributed by atoms with van der Waals surface area (Å²) < 4.78 is 26.6. The van der Waals surface area contributed by atoms with Crippen LogP contribution in [0.25, 0.3) is 0 Å². The lowest BCUT2D eigenvalue weighted by Gasteiger charge is -2.41. The van der Waals surface area contributed by atoms with Gasteiger partial charge in [0.1, 0.15) is 0 Å². The van der Waals surface area contributed by atoms with Crippen molar-refractivity contribution in [1.82, 2.24) is 9.80 Å². The smallest absolute Gasteiger partial charge is 0.251 e. The zero-order valence-corrected chi connectivity index (χ0v) is 17.8. The molecule has 1 aromatic carbocycles. The predicted octanol–water partition coefficient (Wildman–Crippen LogP) is 3.15. The second-order valence-corrected chi connectivity index (χ2v) is 9.43. The van der Waals surface area contributed by atoms with Gasteiger partial charge in [-0.3, -0.25) is 4.79 Å². The monoisotopic (exact) mass is 418 g/mol. The van der Waals surface area contributed by atoms with Gasteiger partial charge in [0.15, 0.2) is 0 Å². The van der Waals surface area contributed by atoms with Crippen LogP contribution in [-0.4, -0.2) is 80.5 Å². The molecule has 0 saturated carbocycles. The Morgan fingerprint density at radius 3 is 2.73 bits per heavy atom. The molecule has 0 aromatic heterocycles. The molecule has 2 fully saturated rings. The number of likely N-dealkylation sites (tertiary alicyclic amines) is 2. The highest BCUT2D eigenvalue weighted by atomic mass is 19.3. The van der Waals surface area contributed by atoms with Gasteiger partial charge >= 0.3 is 0 Å². The summed E-state index contributed by atoms with van der Waals surface area (Å²) >= 11 is 0. The quantitative estimate of drug-likeness (QED) is 0.752. The molecule has 0 spiro atoms. The van der Waals surface area contributed by atoms with Crippen LogP contribution in [-0.2, 0) is 4.79 Å². The van der Waals surface area contributed by atoms with Gasteiger partial charge in [0.05, 0.1) is 11.4 Å². The molecule has 2 atom stereocenters. The van der Waals surface area contributed by atoms with E-state index in [-0.39, 0.29) is 31.8 Å². The normalized spacial score (nSPS) is 27.8. The number of hydrogen-bond acceptors (Lipinski definition) is 4. The third-order valence-corrected chi connectivity index (χ3v) is 7.59. The lowest BCUT2D eigenvalue weighted by Crippen LogP contribution is -2.49. The predicted molar refractivity (Wildman–Crippen MR) is 115 cm³/mol. The van der Waals surface area contributed by atoms with E-state index in [1.165, 1.54) is 16.9 Å². The first-order chi connectivity index (χ1) is 14.4. The van der Waals surface area contributed by atoms with E-state index in [1.54, 1.807) is 4.90 Å². The number of anilines is 2. The Balaban J connectivity index is 1.16. The van der Waals surface area contributed by atoms with Gasteiger partial charge < -0.3 is 19.6 Å². The minimum absolute atomic E-state index is 0.0383. The van der Waals surface area contributed by atoms with Gasteiger partial charge in [0.2, 0.25) is 5.91 Å². The Kier molecular flexibility index (Phi) is 5.12. The summed E-state index contributed by atoms with van der Waals surface area (Å²) in [6.45, 7) is 5.60. The van der Waals surface area contributed by atoms with Crippen molar-refractivity contribution in [2.45, 2.75) is 50.0 Å². The maximum atomic E-state index is 13.3. The second kappa shape index (κ2) is 7.66. The number of carbonyl (C=O) groups excluding carboxylic acids is 1. The van der Waals surface area contributed by atoms with Crippen molar-refractivity contribution >= 4 is 17.3 Å². The average molecular weight is 419 g/mol. The SMILES string of the molecule is CN1CCN2c3c(cccc31)[C@@H]1CN(CCCC(=O)N3CCC(F)(F)CC3)CC[C@@H]12. The number of rotatable bonds is 4. The van der Waals surface area contributed by atoms with Crippen LogP contribution in [0.15, 0.2) is 18.2 Å². The number of alkyl halides is 2. The first-order valence-corrected chi connectivity index (χ1v) is 11.4. The van der Waals surface area contributed by atoms with Crippen LogP contribution < -0.4 is 9.80 Å². The summed E-state index contributed by atoms with van der Waals surface area (Å²) in [6.07, 6.45) is 2.05. The first-order valence-electron chi connectivity index (χ1n) is 11.4. The van der Waals surface area contributed by atoms with Crippen molar-refractivity contribution in [2.24, 2.45) is 0 Å². The fraction of sp³-hybridized carbons (Fsp3) is 0.696. The molecule has 1 aromatic rings. The number of halogens is 2. The molecule has 4 aliphatic heterocycles. The Morgan fingerprint density at radius 1 is 1.13 bits per heavy atom. The van der Waals surface area contributed by atoms with E-state index in [9.17, 15) is 13.6 Å². The zero-order valence-electron chi connectivity index (χ0n) is 17.8. The molecule has 0 N–H and O–H groups in total. The standard InChI is InChI=1S/C23H32F2N4O/c1-26-14-15-29-19-7-11-27(16-18(19)17-4-2-5-20(26)22(17)29)10-3-6-21(30)28-12-8-23(24,25)9-13-28/h2,4-5,18-19H,3,6-16H2,1H3/t18-,19-/m0/s1. The molecular formula is C23H32F2N4O. The molecule has 164 valence electrons. The van der Waals surface area contributed by atoms with Gasteiger partial charge in [-0.15, -0.1) is 0 Å². The number of amides is 1. The molecule has 2 saturated heterocycles. The summed E-state index contributed by atoms with van der Waals surface area (Å²) in [5, 5.41) is 0. The van der Waals surface area contributed by atoms with E-state index in [0.717, 1.165) is 45.6 Å². The van der Waals surface area contributed by atoms with Gasteiger partial charge in [-0.05, 0) is 31.0 Å². The molecule has 0 unspecified atom stereocenters. The van der Waals surface area contributed by atoms with Crippen molar-refractivity contribution in [2.75, 3.05) is 62.7 Å². The maximum absolute atomic E-state index is 13.3. The number of nitrogens with zero attached hydrogens (tertiary/aromatic N) is 4. The molecule has 0 radical (unpaired) electrons. The Labute approximate surface area is 177 Å². The fourth-order valence-electron chi connectivity index (χ4n) is 5.87. The number of likely N-dealkylation sites (N-methyl/N-ethyl adjacent to an activating group) is 1. The van der Waals surface area contributed by atoms with E-state index in [0.29, 0.717) is 18.4 Å². The fourth-order valence-corrected chi connectivity index (χ4v) is 5.87. The summed E-state index contributed by atoms with van der Waals surface area (Å²) in [4.78, 5) is 21.5. The average Bonchev–Trinajstić information content (AvgIpc) is 3.05. The number of carbonyl (C=O) groups is 1. The highest BCUT2D eigenvalue weighted by Crippen LogP contribution is 2.50. The highest BCUT2D eigenvalue weighted by molar-refractivity contribution is 5.80. The van der Waals surface area contributed by atoms with Gasteiger partial charge in [-0.1, -0.05) is 12.1 Å². The van der Waals surface area contributed by atoms with Crippen molar-refractivity contribution in [1.29, 1.82) is 0 Å². The molecule has 4 aliphatic rings. The van der Waals surface area contributed by atoms with Crippen molar-refractivity contribution in [3.05, 3.63) is 23.8 Å². The minimum Gasteiger partial charge on any atom is -0.371 e. The van der Waals surface area contributed by atoms with Crippen LogP contribution in [0.5, 0.6) is 0 Å². The topological polar surface area (TPSA) is 30.0 Å². The Hall–Kier alpha value is -1.89. The van der Waals surface area contributed by atoms with Crippen molar-refractivity contribution in [3.63, 3.8) is 0 Å². The third-order valence-electron chi connectivity index (χ3n) is 7.59. The van der Waals surface area contributed by atoms with Gasteiger partial charge in [-0.2, -0.15) is 0 Å². The summed E-state index contributed by atoms with van der Waals surface area (Å²) in [7, 11) is 2.18. The molecule has 4 heterocycles. The summed E-state index contributed by atoms with van der Waals surface area (Å²) in [5.41, 5.74) is 4.29. The number of fused-ring (bicyclic) bond motifs is 3. The van der Waals surface area contributed by atoms with Gasteiger partial charge in [0.25, 0.3) is 5.92 Å². The van der Waals surface area contributed by atoms with E-state index in [1.807, 2.05) is 0 Å². The molecule has 5 nitrogen and oxygen atoms in total. The van der Waals surface area contributed by atoms with Gasteiger partial charge in [0, 0.05) is 77.5 Å². The molecule has 30 heavy (non-hydrogen) atoms. The van der Waals surface area contributed by atoms with Crippen molar-refractivity contribution < 1.29 is 13.6 Å². The molecule has 0 bridgehead atoms. The van der Waals surface area contributed by atoms with E-state index >= 15 is 0 Å². The van der Waals surface area contributed by atoms with E-state index in [4.69, 9.17) is 0 Å². The minimum atomic E-state index is -2.59. The van der Waals surface area contributed by atoms with Crippen LogP contribution >= 0.6 is 0 Å². The number of piperidine rings is 2.